The first kappa shape index (κ1) is 20.8. The molecule has 1 aliphatic rings. The van der Waals surface area contributed by atoms with Gasteiger partial charge in [0.25, 0.3) is 5.91 Å². The Morgan fingerprint density at radius 2 is 1.76 bits per heavy atom. The van der Waals surface area contributed by atoms with Gasteiger partial charge in [-0.3, -0.25) is 9.79 Å². The number of carbonyl (C=O) groups excluding carboxylic acids is 1. The lowest BCUT2D eigenvalue weighted by Gasteiger charge is -2.26. The summed E-state index contributed by atoms with van der Waals surface area (Å²) in [4.78, 5) is 18.7. The molecule has 0 saturated carbocycles. The average molecular weight is 397 g/mol. The topological polar surface area (TPSA) is 56.7 Å². The van der Waals surface area contributed by atoms with Gasteiger partial charge >= 0.3 is 0 Å². The summed E-state index contributed by atoms with van der Waals surface area (Å²) >= 11 is 0. The van der Waals surface area contributed by atoms with Crippen molar-refractivity contribution in [2.75, 3.05) is 26.7 Å². The van der Waals surface area contributed by atoms with Crippen LogP contribution in [-0.4, -0.2) is 43.4 Å². The predicted octanol–water partition coefficient (Wildman–Crippen LogP) is 3.36. The molecule has 6 heteroatoms. The van der Waals surface area contributed by atoms with Crippen molar-refractivity contribution in [1.29, 1.82) is 0 Å². The Labute approximate surface area is 172 Å². The predicted molar refractivity (Wildman–Crippen MR) is 115 cm³/mol. The number of amides is 1. The van der Waals surface area contributed by atoms with E-state index in [0.29, 0.717) is 31.0 Å². The first-order valence-corrected chi connectivity index (χ1v) is 10.2. The van der Waals surface area contributed by atoms with Crippen LogP contribution in [0.25, 0.3) is 0 Å². The van der Waals surface area contributed by atoms with E-state index in [0.717, 1.165) is 37.1 Å². The molecule has 0 unspecified atom stereocenters. The van der Waals surface area contributed by atoms with E-state index in [1.165, 1.54) is 12.5 Å². The molecule has 29 heavy (non-hydrogen) atoms. The summed E-state index contributed by atoms with van der Waals surface area (Å²) in [5.41, 5.74) is 2.49. The number of hydrogen-bond donors (Lipinski definition) is 2. The van der Waals surface area contributed by atoms with E-state index in [4.69, 9.17) is 0 Å². The van der Waals surface area contributed by atoms with Crippen molar-refractivity contribution >= 4 is 11.9 Å². The van der Waals surface area contributed by atoms with Crippen LogP contribution in [0.15, 0.2) is 53.5 Å². The molecule has 1 aliphatic heterocycles. The number of nitrogens with one attached hydrogen (secondary N) is 2. The molecule has 0 aliphatic carbocycles. The van der Waals surface area contributed by atoms with Crippen molar-refractivity contribution in [1.82, 2.24) is 15.5 Å². The van der Waals surface area contributed by atoms with Gasteiger partial charge in [0.1, 0.15) is 5.82 Å². The number of nitrogens with zero attached hydrogens (tertiary/aromatic N) is 2. The van der Waals surface area contributed by atoms with Crippen LogP contribution in [0.5, 0.6) is 0 Å². The molecule has 0 bridgehead atoms. The van der Waals surface area contributed by atoms with Gasteiger partial charge in [-0.25, -0.2) is 4.39 Å². The highest BCUT2D eigenvalue weighted by Crippen LogP contribution is 2.14. The Kier molecular flexibility index (Phi) is 7.61. The minimum absolute atomic E-state index is 0.120. The van der Waals surface area contributed by atoms with Crippen LogP contribution in [0.2, 0.25) is 0 Å². The molecule has 3 rings (SSSR count). The van der Waals surface area contributed by atoms with Crippen molar-refractivity contribution in [2.24, 2.45) is 4.99 Å². The van der Waals surface area contributed by atoms with Crippen LogP contribution >= 0.6 is 0 Å². The van der Waals surface area contributed by atoms with Crippen LogP contribution in [-0.2, 0) is 13.0 Å². The van der Waals surface area contributed by atoms with E-state index in [-0.39, 0.29) is 11.7 Å². The monoisotopic (exact) mass is 396 g/mol. The van der Waals surface area contributed by atoms with Gasteiger partial charge in [-0.1, -0.05) is 30.3 Å². The molecule has 0 spiro atoms. The lowest BCUT2D eigenvalue weighted by atomic mass is 10.1. The first-order valence-electron chi connectivity index (χ1n) is 10.2. The molecular formula is C23H29FN4O. The van der Waals surface area contributed by atoms with Crippen LogP contribution < -0.4 is 10.6 Å². The van der Waals surface area contributed by atoms with E-state index < -0.39 is 0 Å². The number of piperidine rings is 1. The third-order valence-corrected chi connectivity index (χ3v) is 5.17. The Morgan fingerprint density at radius 3 is 2.45 bits per heavy atom. The van der Waals surface area contributed by atoms with Crippen LogP contribution in [0.3, 0.4) is 0 Å². The van der Waals surface area contributed by atoms with Crippen LogP contribution in [0.4, 0.5) is 4.39 Å². The molecule has 2 aromatic rings. The number of benzene rings is 2. The molecule has 2 aromatic carbocycles. The van der Waals surface area contributed by atoms with Gasteiger partial charge in [-0.05, 0) is 55.0 Å². The average Bonchev–Trinajstić information content (AvgIpc) is 2.78. The molecule has 0 radical (unpaired) electrons. The fourth-order valence-corrected chi connectivity index (χ4v) is 3.47. The lowest BCUT2D eigenvalue weighted by molar-refractivity contribution is 0.0724. The van der Waals surface area contributed by atoms with Gasteiger partial charge in [0, 0.05) is 38.8 Å². The van der Waals surface area contributed by atoms with Gasteiger partial charge in [0.05, 0.1) is 0 Å². The van der Waals surface area contributed by atoms with E-state index in [2.05, 4.69) is 15.6 Å². The third kappa shape index (κ3) is 6.04. The molecule has 2 N–H and O–H groups in total. The zero-order chi connectivity index (χ0) is 20.5. The molecule has 0 atom stereocenters. The lowest BCUT2D eigenvalue weighted by Crippen LogP contribution is -2.38. The summed E-state index contributed by atoms with van der Waals surface area (Å²) in [7, 11) is 1.71. The quantitative estimate of drug-likeness (QED) is 0.582. The van der Waals surface area contributed by atoms with Gasteiger partial charge in [0.2, 0.25) is 0 Å². The maximum atomic E-state index is 13.7. The number of likely N-dealkylation sites (tertiary alicyclic amines) is 1. The third-order valence-electron chi connectivity index (χ3n) is 5.17. The smallest absolute Gasteiger partial charge is 0.253 e. The van der Waals surface area contributed by atoms with Gasteiger partial charge in [-0.15, -0.1) is 0 Å². The number of rotatable bonds is 6. The second kappa shape index (κ2) is 10.6. The van der Waals surface area contributed by atoms with Crippen molar-refractivity contribution in [3.8, 4) is 0 Å². The van der Waals surface area contributed by atoms with E-state index in [9.17, 15) is 9.18 Å². The Morgan fingerprint density at radius 1 is 1.03 bits per heavy atom. The van der Waals surface area contributed by atoms with Crippen molar-refractivity contribution in [3.05, 3.63) is 71.0 Å². The zero-order valence-corrected chi connectivity index (χ0v) is 17.0. The van der Waals surface area contributed by atoms with E-state index >= 15 is 0 Å². The molecule has 154 valence electrons. The standard InChI is InChI=1S/C23H29FN4O/c1-25-23(26-14-13-19-7-3-4-8-21(19)24)27-17-18-9-11-20(12-10-18)22(29)28-15-5-2-6-16-28/h3-4,7-12H,2,5-6,13-17H2,1H3,(H2,25,26,27). The highest BCUT2D eigenvalue weighted by Gasteiger charge is 2.17. The molecule has 1 saturated heterocycles. The number of carbonyl (C=O) groups is 1. The molecule has 1 amide bonds. The number of guanidine groups is 1. The Bertz CT molecular complexity index is 829. The fraction of sp³-hybridized carbons (Fsp3) is 0.391. The number of halogens is 1. The highest BCUT2D eigenvalue weighted by molar-refractivity contribution is 5.94. The highest BCUT2D eigenvalue weighted by atomic mass is 19.1. The first-order chi connectivity index (χ1) is 14.2. The zero-order valence-electron chi connectivity index (χ0n) is 17.0. The number of hydrogen-bond acceptors (Lipinski definition) is 2. The summed E-state index contributed by atoms with van der Waals surface area (Å²) < 4.78 is 13.7. The summed E-state index contributed by atoms with van der Waals surface area (Å²) in [5.74, 6) is 0.598. The minimum atomic E-state index is -0.184. The molecule has 0 aromatic heterocycles. The second-order valence-electron chi connectivity index (χ2n) is 7.24. The molecule has 1 heterocycles. The number of aliphatic imine (C=N–C) groups is 1. The summed E-state index contributed by atoms with van der Waals surface area (Å²) in [6, 6.07) is 14.5. The Balaban J connectivity index is 1.45. The normalized spacial score (nSPS) is 14.6. The van der Waals surface area contributed by atoms with Crippen LogP contribution in [0.1, 0.15) is 40.7 Å². The van der Waals surface area contributed by atoms with Gasteiger partial charge < -0.3 is 15.5 Å². The van der Waals surface area contributed by atoms with Crippen LogP contribution in [0, 0.1) is 5.82 Å². The van der Waals surface area contributed by atoms with E-state index in [1.54, 1.807) is 19.2 Å². The fourth-order valence-electron chi connectivity index (χ4n) is 3.47. The Hall–Kier alpha value is -2.89. The summed E-state index contributed by atoms with van der Waals surface area (Å²) in [6.45, 7) is 2.90. The van der Waals surface area contributed by atoms with Crippen molar-refractivity contribution in [2.45, 2.75) is 32.2 Å². The minimum Gasteiger partial charge on any atom is -0.356 e. The van der Waals surface area contributed by atoms with E-state index in [1.807, 2.05) is 35.2 Å². The second-order valence-corrected chi connectivity index (χ2v) is 7.24. The summed E-state index contributed by atoms with van der Waals surface area (Å²) in [5, 5.41) is 6.45. The SMILES string of the molecule is CN=C(NCCc1ccccc1F)NCc1ccc(C(=O)N2CCCCC2)cc1. The summed E-state index contributed by atoms with van der Waals surface area (Å²) in [6.07, 6.45) is 3.98. The molecule has 1 fully saturated rings. The van der Waals surface area contributed by atoms with Crippen molar-refractivity contribution in [3.63, 3.8) is 0 Å². The maximum absolute atomic E-state index is 13.7. The molecular weight excluding hydrogens is 367 g/mol. The van der Waals surface area contributed by atoms with Gasteiger partial charge in [-0.2, -0.15) is 0 Å². The molecule has 5 nitrogen and oxygen atoms in total. The van der Waals surface area contributed by atoms with Crippen molar-refractivity contribution < 1.29 is 9.18 Å². The van der Waals surface area contributed by atoms with Gasteiger partial charge in [0.15, 0.2) is 5.96 Å². The largest absolute Gasteiger partial charge is 0.356 e. The maximum Gasteiger partial charge on any atom is 0.253 e.